The average molecular weight is 277 g/mol. The molecule has 2 aromatic rings. The summed E-state index contributed by atoms with van der Waals surface area (Å²) in [5, 5.41) is 12.2. The summed E-state index contributed by atoms with van der Waals surface area (Å²) in [6.45, 7) is 3.35. The zero-order valence-corrected chi connectivity index (χ0v) is 11.0. The minimum Gasteiger partial charge on any atom is -0.507 e. The second-order valence-electron chi connectivity index (χ2n) is 4.46. The van der Waals surface area contributed by atoms with Crippen LogP contribution < -0.4 is 5.32 Å². The maximum absolute atomic E-state index is 13.5. The van der Waals surface area contributed by atoms with Gasteiger partial charge in [0.2, 0.25) is 0 Å². The molecule has 2 N–H and O–H groups in total. The first kappa shape index (κ1) is 14.0. The van der Waals surface area contributed by atoms with Crippen LogP contribution in [-0.4, -0.2) is 11.0 Å². The predicted octanol–water partition coefficient (Wildman–Crippen LogP) is 3.54. The number of carbonyl (C=O) groups excluding carboxylic acids is 1. The Morgan fingerprint density at radius 2 is 1.85 bits per heavy atom. The molecule has 0 unspecified atom stereocenters. The van der Waals surface area contributed by atoms with Crippen molar-refractivity contribution in [1.29, 1.82) is 0 Å². The highest BCUT2D eigenvalue weighted by atomic mass is 19.2. The maximum atomic E-state index is 13.5. The topological polar surface area (TPSA) is 49.3 Å². The van der Waals surface area contributed by atoms with E-state index in [1.807, 2.05) is 0 Å². The monoisotopic (exact) mass is 277 g/mol. The third-order valence-electron chi connectivity index (χ3n) is 3.08. The Hall–Kier alpha value is -2.43. The number of amides is 1. The molecular weight excluding hydrogens is 264 g/mol. The summed E-state index contributed by atoms with van der Waals surface area (Å²) in [6, 6.07) is 6.61. The van der Waals surface area contributed by atoms with E-state index < -0.39 is 17.5 Å². The first-order chi connectivity index (χ1) is 9.41. The number of rotatable bonds is 2. The van der Waals surface area contributed by atoms with Crippen LogP contribution >= 0.6 is 0 Å². The Bertz CT molecular complexity index is 684. The summed E-state index contributed by atoms with van der Waals surface area (Å²) in [5.74, 6) is -2.99. The molecule has 0 aliphatic heterocycles. The van der Waals surface area contributed by atoms with Crippen LogP contribution in [0.3, 0.4) is 0 Å². The molecule has 0 aliphatic carbocycles. The molecule has 0 aromatic heterocycles. The lowest BCUT2D eigenvalue weighted by Crippen LogP contribution is -2.15. The molecule has 0 fully saturated rings. The minimum absolute atomic E-state index is 0.0579. The summed E-state index contributed by atoms with van der Waals surface area (Å²) in [4.78, 5) is 11.9. The first-order valence-electron chi connectivity index (χ1n) is 5.96. The summed E-state index contributed by atoms with van der Waals surface area (Å²) in [6.07, 6.45) is 0. The predicted molar refractivity (Wildman–Crippen MR) is 71.9 cm³/mol. The van der Waals surface area contributed by atoms with E-state index >= 15 is 0 Å². The molecule has 5 heteroatoms. The highest BCUT2D eigenvalue weighted by molar-refractivity contribution is 6.05. The Morgan fingerprint density at radius 3 is 2.55 bits per heavy atom. The second kappa shape index (κ2) is 5.28. The number of hydrogen-bond acceptors (Lipinski definition) is 2. The average Bonchev–Trinajstić information content (AvgIpc) is 2.42. The number of benzene rings is 2. The molecule has 0 aliphatic rings. The van der Waals surface area contributed by atoms with Gasteiger partial charge >= 0.3 is 0 Å². The SMILES string of the molecule is Cc1ccc(NC(=O)c2cccc(F)c2F)c(C)c1O. The zero-order valence-electron chi connectivity index (χ0n) is 11.0. The highest BCUT2D eigenvalue weighted by Gasteiger charge is 2.16. The number of aryl methyl sites for hydroxylation is 1. The summed E-state index contributed by atoms with van der Waals surface area (Å²) in [5.41, 5.74) is 1.10. The smallest absolute Gasteiger partial charge is 0.258 e. The Balaban J connectivity index is 2.33. The van der Waals surface area contributed by atoms with Crippen molar-refractivity contribution in [2.75, 3.05) is 5.32 Å². The van der Waals surface area contributed by atoms with Gasteiger partial charge in [-0.3, -0.25) is 4.79 Å². The Labute approximate surface area is 114 Å². The largest absolute Gasteiger partial charge is 0.507 e. The lowest BCUT2D eigenvalue weighted by molar-refractivity contribution is 0.102. The van der Waals surface area contributed by atoms with Crippen molar-refractivity contribution in [3.8, 4) is 5.75 Å². The highest BCUT2D eigenvalue weighted by Crippen LogP contribution is 2.28. The van der Waals surface area contributed by atoms with E-state index in [0.29, 0.717) is 16.8 Å². The number of halogens is 2. The zero-order chi connectivity index (χ0) is 14.9. The van der Waals surface area contributed by atoms with Gasteiger partial charge in [0.1, 0.15) is 5.75 Å². The number of phenols is 1. The fraction of sp³-hybridized carbons (Fsp3) is 0.133. The van der Waals surface area contributed by atoms with E-state index in [2.05, 4.69) is 5.32 Å². The molecule has 0 saturated carbocycles. The van der Waals surface area contributed by atoms with Gasteiger partial charge in [0.25, 0.3) is 5.91 Å². The third kappa shape index (κ3) is 2.47. The molecule has 0 spiro atoms. The number of carbonyl (C=O) groups is 1. The molecule has 0 bridgehead atoms. The van der Waals surface area contributed by atoms with Crippen molar-refractivity contribution in [2.45, 2.75) is 13.8 Å². The van der Waals surface area contributed by atoms with E-state index in [0.717, 1.165) is 6.07 Å². The van der Waals surface area contributed by atoms with Gasteiger partial charge in [0.15, 0.2) is 11.6 Å². The van der Waals surface area contributed by atoms with Gasteiger partial charge in [-0.05, 0) is 37.6 Å². The van der Waals surface area contributed by atoms with Crippen LogP contribution in [0.4, 0.5) is 14.5 Å². The fourth-order valence-corrected chi connectivity index (χ4v) is 1.84. The molecule has 1 amide bonds. The van der Waals surface area contributed by atoms with Crippen molar-refractivity contribution in [3.05, 3.63) is 58.7 Å². The lowest BCUT2D eigenvalue weighted by Gasteiger charge is -2.11. The molecule has 0 radical (unpaired) electrons. The molecule has 0 saturated heterocycles. The van der Waals surface area contributed by atoms with Crippen LogP contribution in [-0.2, 0) is 0 Å². The number of aromatic hydroxyl groups is 1. The van der Waals surface area contributed by atoms with E-state index in [9.17, 15) is 18.7 Å². The Morgan fingerprint density at radius 1 is 1.15 bits per heavy atom. The van der Waals surface area contributed by atoms with Crippen molar-refractivity contribution in [3.63, 3.8) is 0 Å². The van der Waals surface area contributed by atoms with Crippen molar-refractivity contribution in [1.82, 2.24) is 0 Å². The molecule has 0 heterocycles. The molecule has 0 atom stereocenters. The summed E-state index contributed by atoms with van der Waals surface area (Å²) < 4.78 is 26.6. The van der Waals surface area contributed by atoms with Gasteiger partial charge in [-0.15, -0.1) is 0 Å². The van der Waals surface area contributed by atoms with Crippen LogP contribution in [0.2, 0.25) is 0 Å². The van der Waals surface area contributed by atoms with Gasteiger partial charge in [-0.25, -0.2) is 8.78 Å². The minimum atomic E-state index is -1.20. The number of anilines is 1. The lowest BCUT2D eigenvalue weighted by atomic mass is 10.1. The van der Waals surface area contributed by atoms with Gasteiger partial charge in [-0.1, -0.05) is 12.1 Å². The number of hydrogen-bond donors (Lipinski definition) is 2. The molecule has 20 heavy (non-hydrogen) atoms. The number of phenolic OH excluding ortho intramolecular Hbond substituents is 1. The van der Waals surface area contributed by atoms with Crippen molar-refractivity contribution in [2.24, 2.45) is 0 Å². The van der Waals surface area contributed by atoms with Crippen molar-refractivity contribution >= 4 is 11.6 Å². The first-order valence-corrected chi connectivity index (χ1v) is 5.96. The van der Waals surface area contributed by atoms with Crippen molar-refractivity contribution < 1.29 is 18.7 Å². The third-order valence-corrected chi connectivity index (χ3v) is 3.08. The molecule has 2 rings (SSSR count). The van der Waals surface area contributed by atoms with E-state index in [-0.39, 0.29) is 11.3 Å². The van der Waals surface area contributed by atoms with E-state index in [1.165, 1.54) is 12.1 Å². The summed E-state index contributed by atoms with van der Waals surface area (Å²) >= 11 is 0. The standard InChI is InChI=1S/C15H13F2NO2/c1-8-6-7-12(9(2)14(8)19)18-15(20)10-4-3-5-11(16)13(10)17/h3-7,19H,1-2H3,(H,18,20). The normalized spacial score (nSPS) is 10.4. The molecular formula is C15H13F2NO2. The Kier molecular flexibility index (Phi) is 3.70. The molecule has 3 nitrogen and oxygen atoms in total. The van der Waals surface area contributed by atoms with E-state index in [1.54, 1.807) is 26.0 Å². The maximum Gasteiger partial charge on any atom is 0.258 e. The van der Waals surface area contributed by atoms with Crippen LogP contribution in [0.5, 0.6) is 5.75 Å². The molecule has 2 aromatic carbocycles. The van der Waals surface area contributed by atoms with Crippen LogP contribution in [0, 0.1) is 25.5 Å². The van der Waals surface area contributed by atoms with Crippen LogP contribution in [0.15, 0.2) is 30.3 Å². The number of nitrogens with one attached hydrogen (secondary N) is 1. The fourth-order valence-electron chi connectivity index (χ4n) is 1.84. The van der Waals surface area contributed by atoms with Gasteiger partial charge in [0, 0.05) is 11.3 Å². The molecule has 104 valence electrons. The summed E-state index contributed by atoms with van der Waals surface area (Å²) in [7, 11) is 0. The quantitative estimate of drug-likeness (QED) is 0.882. The van der Waals surface area contributed by atoms with Gasteiger partial charge < -0.3 is 10.4 Å². The second-order valence-corrected chi connectivity index (χ2v) is 4.46. The van der Waals surface area contributed by atoms with Gasteiger partial charge in [0.05, 0.1) is 5.56 Å². The van der Waals surface area contributed by atoms with Gasteiger partial charge in [-0.2, -0.15) is 0 Å². The van der Waals surface area contributed by atoms with E-state index in [4.69, 9.17) is 0 Å². The van der Waals surface area contributed by atoms with Crippen LogP contribution in [0.1, 0.15) is 21.5 Å². The van der Waals surface area contributed by atoms with Crippen LogP contribution in [0.25, 0.3) is 0 Å².